The maximum Gasteiger partial charge on any atom is 0.119 e. The Hall–Kier alpha value is -3.98. The molecule has 0 saturated heterocycles. The van der Waals surface area contributed by atoms with Crippen molar-refractivity contribution in [3.63, 3.8) is 0 Å². The van der Waals surface area contributed by atoms with E-state index in [0.29, 0.717) is 0 Å². The van der Waals surface area contributed by atoms with Crippen LogP contribution in [-0.4, -0.2) is 18.8 Å². The molecular formula is C28H23NO2. The molecule has 152 valence electrons. The third-order valence-corrected chi connectivity index (χ3v) is 5.61. The quantitative estimate of drug-likeness (QED) is 0.295. The van der Waals surface area contributed by atoms with Crippen LogP contribution >= 0.6 is 0 Å². The Bertz CT molecular complexity index is 1380. The zero-order valence-corrected chi connectivity index (χ0v) is 17.6. The highest BCUT2D eigenvalue weighted by atomic mass is 16.5. The van der Waals surface area contributed by atoms with E-state index in [2.05, 4.69) is 83.4 Å². The lowest BCUT2D eigenvalue weighted by Crippen LogP contribution is -1.93. The second kappa shape index (κ2) is 8.04. The molecule has 0 atom stereocenters. The number of methoxy groups -OCH3 is 2. The van der Waals surface area contributed by atoms with Crippen LogP contribution in [0.25, 0.3) is 39.6 Å². The van der Waals surface area contributed by atoms with Crippen molar-refractivity contribution in [1.82, 2.24) is 4.57 Å². The monoisotopic (exact) mass is 405 g/mol. The highest BCUT2D eigenvalue weighted by Gasteiger charge is 2.12. The first-order valence-corrected chi connectivity index (χ1v) is 10.3. The normalized spacial score (nSPS) is 11.4. The van der Waals surface area contributed by atoms with E-state index in [1.807, 2.05) is 24.3 Å². The minimum Gasteiger partial charge on any atom is -0.497 e. The first kappa shape index (κ1) is 19.0. The molecular weight excluding hydrogens is 382 g/mol. The van der Waals surface area contributed by atoms with Crippen molar-refractivity contribution >= 4 is 34.0 Å². The summed E-state index contributed by atoms with van der Waals surface area (Å²) in [6.07, 6.45) is 4.28. The molecule has 0 aliphatic rings. The first-order valence-electron chi connectivity index (χ1n) is 10.3. The molecule has 0 bridgehead atoms. The Morgan fingerprint density at radius 2 is 1.16 bits per heavy atom. The Labute approximate surface area is 181 Å². The molecule has 0 unspecified atom stereocenters. The lowest BCUT2D eigenvalue weighted by Gasteiger charge is -2.09. The summed E-state index contributed by atoms with van der Waals surface area (Å²) in [5.74, 6) is 1.72. The van der Waals surface area contributed by atoms with E-state index in [0.717, 1.165) is 22.7 Å². The second-order valence-corrected chi connectivity index (χ2v) is 7.43. The van der Waals surface area contributed by atoms with Gasteiger partial charge < -0.3 is 14.0 Å². The topological polar surface area (TPSA) is 23.4 Å². The largest absolute Gasteiger partial charge is 0.497 e. The Balaban J connectivity index is 1.60. The molecule has 1 aromatic heterocycles. The first-order chi connectivity index (χ1) is 15.3. The van der Waals surface area contributed by atoms with Crippen molar-refractivity contribution in [2.24, 2.45) is 0 Å². The second-order valence-electron chi connectivity index (χ2n) is 7.43. The number of hydrogen-bond donors (Lipinski definition) is 0. The van der Waals surface area contributed by atoms with Gasteiger partial charge in [-0.15, -0.1) is 0 Å². The van der Waals surface area contributed by atoms with Gasteiger partial charge >= 0.3 is 0 Å². The van der Waals surface area contributed by atoms with Crippen molar-refractivity contribution in [2.45, 2.75) is 0 Å². The van der Waals surface area contributed by atoms with Gasteiger partial charge in [0.1, 0.15) is 11.5 Å². The van der Waals surface area contributed by atoms with Gasteiger partial charge in [0, 0.05) is 16.5 Å². The summed E-state index contributed by atoms with van der Waals surface area (Å²) in [6, 6.07) is 31.5. The van der Waals surface area contributed by atoms with Gasteiger partial charge in [-0.3, -0.25) is 0 Å². The fraction of sp³-hybridized carbons (Fsp3) is 0.0714. The van der Waals surface area contributed by atoms with E-state index in [9.17, 15) is 0 Å². The summed E-state index contributed by atoms with van der Waals surface area (Å²) in [6.45, 7) is 0. The molecule has 4 aromatic carbocycles. The minimum absolute atomic E-state index is 0.857. The van der Waals surface area contributed by atoms with Gasteiger partial charge in [-0.2, -0.15) is 0 Å². The van der Waals surface area contributed by atoms with Crippen molar-refractivity contribution < 1.29 is 9.47 Å². The highest BCUT2D eigenvalue weighted by molar-refractivity contribution is 6.10. The van der Waals surface area contributed by atoms with Gasteiger partial charge in [-0.1, -0.05) is 48.6 Å². The van der Waals surface area contributed by atoms with Gasteiger partial charge in [0.2, 0.25) is 0 Å². The lowest BCUT2D eigenvalue weighted by molar-refractivity contribution is 0.414. The molecule has 0 N–H and O–H groups in total. The van der Waals surface area contributed by atoms with Crippen LogP contribution in [0.5, 0.6) is 11.5 Å². The van der Waals surface area contributed by atoms with Crippen molar-refractivity contribution in [2.75, 3.05) is 14.2 Å². The number of fused-ring (bicyclic) bond motifs is 3. The van der Waals surface area contributed by atoms with E-state index in [-0.39, 0.29) is 0 Å². The van der Waals surface area contributed by atoms with Crippen molar-refractivity contribution in [3.05, 3.63) is 102 Å². The summed E-state index contributed by atoms with van der Waals surface area (Å²) in [5.41, 5.74) is 5.81. The fourth-order valence-electron chi connectivity index (χ4n) is 4.01. The minimum atomic E-state index is 0.857. The Morgan fingerprint density at radius 1 is 0.581 bits per heavy atom. The number of ether oxygens (including phenoxy) is 2. The summed E-state index contributed by atoms with van der Waals surface area (Å²) >= 11 is 0. The predicted octanol–water partition coefficient (Wildman–Crippen LogP) is 6.97. The average Bonchev–Trinajstić information content (AvgIpc) is 3.17. The van der Waals surface area contributed by atoms with Crippen molar-refractivity contribution in [1.29, 1.82) is 0 Å². The molecule has 5 aromatic rings. The van der Waals surface area contributed by atoms with Crippen LogP contribution in [0.2, 0.25) is 0 Å². The number of para-hydroxylation sites is 1. The van der Waals surface area contributed by atoms with Crippen LogP contribution in [0.1, 0.15) is 11.1 Å². The van der Waals surface area contributed by atoms with E-state index in [1.54, 1.807) is 14.2 Å². The number of benzene rings is 4. The zero-order valence-electron chi connectivity index (χ0n) is 17.6. The highest BCUT2D eigenvalue weighted by Crippen LogP contribution is 2.33. The van der Waals surface area contributed by atoms with Gasteiger partial charge in [0.05, 0.1) is 25.3 Å². The van der Waals surface area contributed by atoms with Crippen LogP contribution in [0.4, 0.5) is 0 Å². The molecule has 0 saturated carbocycles. The van der Waals surface area contributed by atoms with Gasteiger partial charge in [-0.05, 0) is 65.7 Å². The number of nitrogens with zero attached hydrogens (tertiary/aromatic N) is 1. The smallest absolute Gasteiger partial charge is 0.119 e. The molecule has 3 heteroatoms. The molecule has 0 radical (unpaired) electrons. The third-order valence-electron chi connectivity index (χ3n) is 5.61. The fourth-order valence-corrected chi connectivity index (χ4v) is 4.01. The van der Waals surface area contributed by atoms with Crippen LogP contribution in [-0.2, 0) is 0 Å². The number of rotatable bonds is 5. The molecule has 1 heterocycles. The van der Waals surface area contributed by atoms with Gasteiger partial charge in [-0.25, -0.2) is 0 Å². The van der Waals surface area contributed by atoms with Crippen molar-refractivity contribution in [3.8, 4) is 17.2 Å². The molecule has 0 aliphatic heterocycles. The van der Waals surface area contributed by atoms with E-state index < -0.39 is 0 Å². The number of hydrogen-bond acceptors (Lipinski definition) is 2. The third kappa shape index (κ3) is 3.55. The molecule has 5 rings (SSSR count). The van der Waals surface area contributed by atoms with E-state index in [1.165, 1.54) is 27.4 Å². The number of aromatic nitrogens is 1. The van der Waals surface area contributed by atoms with E-state index >= 15 is 0 Å². The molecule has 0 fully saturated rings. The molecule has 0 amide bonds. The Morgan fingerprint density at radius 3 is 1.87 bits per heavy atom. The molecule has 0 aliphatic carbocycles. The summed E-state index contributed by atoms with van der Waals surface area (Å²) in [5, 5.41) is 2.48. The summed E-state index contributed by atoms with van der Waals surface area (Å²) in [4.78, 5) is 0. The Kier molecular flexibility index (Phi) is 4.93. The van der Waals surface area contributed by atoms with Gasteiger partial charge in [0.15, 0.2) is 0 Å². The zero-order chi connectivity index (χ0) is 21.2. The van der Waals surface area contributed by atoms with E-state index in [4.69, 9.17) is 9.47 Å². The predicted molar refractivity (Wildman–Crippen MR) is 129 cm³/mol. The molecule has 0 spiro atoms. The van der Waals surface area contributed by atoms with Crippen LogP contribution in [0.3, 0.4) is 0 Å². The summed E-state index contributed by atoms with van der Waals surface area (Å²) in [7, 11) is 3.37. The standard InChI is InChI=1S/C28H23NO2/c1-30-23-14-9-20(10-15-23)7-8-21-11-18-28-26(19-21)25-5-3-4-6-27(25)29(28)22-12-16-24(31-2)17-13-22/h3-19H,1-2H3/b8-7-. The molecule has 31 heavy (non-hydrogen) atoms. The van der Waals surface area contributed by atoms with Crippen LogP contribution in [0.15, 0.2) is 91.0 Å². The average molecular weight is 405 g/mol. The van der Waals surface area contributed by atoms with Gasteiger partial charge in [0.25, 0.3) is 0 Å². The van der Waals surface area contributed by atoms with Crippen LogP contribution in [0, 0.1) is 0 Å². The maximum atomic E-state index is 5.33. The SMILES string of the molecule is COc1ccc(/C=C\c2ccc3c(c2)c2ccccc2n3-c2ccc(OC)cc2)cc1. The summed E-state index contributed by atoms with van der Waals surface area (Å²) < 4.78 is 12.9. The lowest BCUT2D eigenvalue weighted by atomic mass is 10.1. The van der Waals surface area contributed by atoms with Crippen LogP contribution < -0.4 is 9.47 Å². The maximum absolute atomic E-state index is 5.33. The molecule has 3 nitrogen and oxygen atoms in total.